The molecule has 0 amide bonds. The molecule has 0 aliphatic carbocycles. The monoisotopic (exact) mass is 193 g/mol. The average Bonchev–Trinajstić information content (AvgIpc) is 2.18. The molecule has 0 atom stereocenters. The van der Waals surface area contributed by atoms with Gasteiger partial charge in [-0.15, -0.1) is 0 Å². The summed E-state index contributed by atoms with van der Waals surface area (Å²) in [6.07, 6.45) is 6.36. The summed E-state index contributed by atoms with van der Waals surface area (Å²) in [5, 5.41) is 9.35. The van der Waals surface area contributed by atoms with Gasteiger partial charge in [0.05, 0.1) is 11.8 Å². The Labute approximate surface area is 83.8 Å². The molecule has 1 heterocycles. The summed E-state index contributed by atoms with van der Waals surface area (Å²) in [4.78, 5) is 15.3. The van der Waals surface area contributed by atoms with Crippen molar-refractivity contribution in [3.63, 3.8) is 0 Å². The number of aromatic nitrogens is 1. The van der Waals surface area contributed by atoms with Crippen LogP contribution in [0, 0.1) is 0 Å². The lowest BCUT2D eigenvalue weighted by molar-refractivity contribution is 0.0976. The van der Waals surface area contributed by atoms with Gasteiger partial charge in [-0.1, -0.05) is 19.8 Å². The molecule has 1 aromatic rings. The number of pyridine rings is 1. The molecular formula is C11H15NO2. The zero-order valence-corrected chi connectivity index (χ0v) is 8.36. The van der Waals surface area contributed by atoms with E-state index in [2.05, 4.69) is 11.9 Å². The van der Waals surface area contributed by atoms with Crippen molar-refractivity contribution >= 4 is 5.78 Å². The Bertz CT molecular complexity index is 310. The highest BCUT2D eigenvalue weighted by atomic mass is 16.3. The summed E-state index contributed by atoms with van der Waals surface area (Å²) in [5.41, 5.74) is 0.385. The van der Waals surface area contributed by atoms with Crippen molar-refractivity contribution in [1.82, 2.24) is 4.98 Å². The van der Waals surface area contributed by atoms with E-state index in [0.29, 0.717) is 12.0 Å². The highest BCUT2D eigenvalue weighted by Gasteiger charge is 2.09. The maximum atomic E-state index is 11.6. The Morgan fingerprint density at radius 3 is 2.93 bits per heavy atom. The third-order valence-corrected chi connectivity index (χ3v) is 2.11. The van der Waals surface area contributed by atoms with E-state index in [9.17, 15) is 9.90 Å². The topological polar surface area (TPSA) is 50.2 Å². The van der Waals surface area contributed by atoms with Crippen LogP contribution < -0.4 is 0 Å². The Morgan fingerprint density at radius 1 is 1.50 bits per heavy atom. The summed E-state index contributed by atoms with van der Waals surface area (Å²) in [5.74, 6) is -0.0210. The number of carbonyl (C=O) groups excluding carboxylic acids is 1. The van der Waals surface area contributed by atoms with Crippen LogP contribution in [-0.2, 0) is 0 Å². The first-order valence-corrected chi connectivity index (χ1v) is 4.92. The molecule has 0 radical (unpaired) electrons. The fourth-order valence-electron chi connectivity index (χ4n) is 1.29. The predicted octanol–water partition coefficient (Wildman–Crippen LogP) is 2.55. The number of carbonyl (C=O) groups is 1. The molecule has 0 saturated carbocycles. The highest BCUT2D eigenvalue weighted by Crippen LogP contribution is 2.17. The third-order valence-electron chi connectivity index (χ3n) is 2.11. The molecule has 0 aliphatic heterocycles. The van der Waals surface area contributed by atoms with Crippen molar-refractivity contribution in [2.75, 3.05) is 0 Å². The normalized spacial score (nSPS) is 10.1. The van der Waals surface area contributed by atoms with Crippen molar-refractivity contribution in [2.45, 2.75) is 32.6 Å². The third kappa shape index (κ3) is 2.83. The number of hydrogen-bond acceptors (Lipinski definition) is 3. The molecule has 0 unspecified atom stereocenters. The quantitative estimate of drug-likeness (QED) is 0.577. The molecule has 76 valence electrons. The SMILES string of the molecule is CCCCCC(=O)c1ccncc1O. The molecule has 0 fully saturated rings. The van der Waals surface area contributed by atoms with Crippen LogP contribution in [0.1, 0.15) is 43.0 Å². The van der Waals surface area contributed by atoms with Crippen LogP contribution in [-0.4, -0.2) is 15.9 Å². The number of ketones is 1. The minimum absolute atomic E-state index is 0.00153. The number of aromatic hydroxyl groups is 1. The molecule has 0 aromatic carbocycles. The molecule has 14 heavy (non-hydrogen) atoms. The number of hydrogen-bond donors (Lipinski definition) is 1. The van der Waals surface area contributed by atoms with Crippen molar-refractivity contribution in [3.8, 4) is 5.75 Å². The number of unbranched alkanes of at least 4 members (excludes halogenated alkanes) is 2. The van der Waals surface area contributed by atoms with Gasteiger partial charge in [-0.2, -0.15) is 0 Å². The Kier molecular flexibility index (Phi) is 4.11. The lowest BCUT2D eigenvalue weighted by Gasteiger charge is -2.01. The Morgan fingerprint density at radius 2 is 2.29 bits per heavy atom. The highest BCUT2D eigenvalue weighted by molar-refractivity contribution is 5.98. The van der Waals surface area contributed by atoms with Crippen LogP contribution in [0.5, 0.6) is 5.75 Å². The molecule has 3 heteroatoms. The van der Waals surface area contributed by atoms with Gasteiger partial charge in [0.2, 0.25) is 0 Å². The van der Waals surface area contributed by atoms with Gasteiger partial charge < -0.3 is 5.11 Å². The van der Waals surface area contributed by atoms with E-state index in [-0.39, 0.29) is 11.5 Å². The van der Waals surface area contributed by atoms with Gasteiger partial charge in [-0.25, -0.2) is 0 Å². The van der Waals surface area contributed by atoms with Gasteiger partial charge in [0.1, 0.15) is 5.75 Å². The van der Waals surface area contributed by atoms with Gasteiger partial charge in [-0.3, -0.25) is 9.78 Å². The number of Topliss-reactive ketones (excluding diaryl/α,β-unsaturated/α-hetero) is 1. The first-order valence-electron chi connectivity index (χ1n) is 4.92. The smallest absolute Gasteiger partial charge is 0.166 e. The minimum atomic E-state index is -0.0194. The molecule has 0 aliphatic rings. The van der Waals surface area contributed by atoms with Crippen molar-refractivity contribution in [2.24, 2.45) is 0 Å². The molecule has 0 saturated heterocycles. The molecule has 1 N–H and O–H groups in total. The minimum Gasteiger partial charge on any atom is -0.506 e. The van der Waals surface area contributed by atoms with Gasteiger partial charge in [0, 0.05) is 12.6 Å². The van der Waals surface area contributed by atoms with E-state index >= 15 is 0 Å². The van der Waals surface area contributed by atoms with Crippen LogP contribution in [0.15, 0.2) is 18.5 Å². The van der Waals surface area contributed by atoms with Crippen molar-refractivity contribution in [3.05, 3.63) is 24.0 Å². The van der Waals surface area contributed by atoms with E-state index in [1.54, 1.807) is 6.07 Å². The molecule has 1 aromatic heterocycles. The van der Waals surface area contributed by atoms with E-state index in [4.69, 9.17) is 0 Å². The molecule has 0 spiro atoms. The van der Waals surface area contributed by atoms with E-state index in [0.717, 1.165) is 19.3 Å². The van der Waals surface area contributed by atoms with Gasteiger partial charge in [-0.05, 0) is 12.5 Å². The average molecular weight is 193 g/mol. The molecular weight excluding hydrogens is 178 g/mol. The summed E-state index contributed by atoms with van der Waals surface area (Å²) < 4.78 is 0. The van der Waals surface area contributed by atoms with Crippen LogP contribution in [0.2, 0.25) is 0 Å². The van der Waals surface area contributed by atoms with Crippen LogP contribution >= 0.6 is 0 Å². The Balaban J connectivity index is 2.56. The maximum Gasteiger partial charge on any atom is 0.166 e. The number of nitrogens with zero attached hydrogens (tertiary/aromatic N) is 1. The lowest BCUT2D eigenvalue weighted by atomic mass is 10.1. The van der Waals surface area contributed by atoms with Crippen molar-refractivity contribution < 1.29 is 9.90 Å². The second-order valence-corrected chi connectivity index (χ2v) is 3.27. The van der Waals surface area contributed by atoms with Crippen molar-refractivity contribution in [1.29, 1.82) is 0 Å². The zero-order valence-electron chi connectivity index (χ0n) is 8.36. The molecule has 3 nitrogen and oxygen atoms in total. The van der Waals surface area contributed by atoms with Crippen LogP contribution in [0.25, 0.3) is 0 Å². The zero-order chi connectivity index (χ0) is 10.4. The van der Waals surface area contributed by atoms with E-state index < -0.39 is 0 Å². The molecule has 0 bridgehead atoms. The predicted molar refractivity (Wildman–Crippen MR) is 54.4 cm³/mol. The van der Waals surface area contributed by atoms with E-state index in [1.165, 1.54) is 12.4 Å². The van der Waals surface area contributed by atoms with Gasteiger partial charge >= 0.3 is 0 Å². The fraction of sp³-hybridized carbons (Fsp3) is 0.455. The summed E-state index contributed by atoms with van der Waals surface area (Å²) in [7, 11) is 0. The summed E-state index contributed by atoms with van der Waals surface area (Å²) >= 11 is 0. The van der Waals surface area contributed by atoms with Gasteiger partial charge in [0.25, 0.3) is 0 Å². The fourth-order valence-corrected chi connectivity index (χ4v) is 1.29. The standard InChI is InChI=1S/C11H15NO2/c1-2-3-4-5-10(13)9-6-7-12-8-11(9)14/h6-8,14H,2-5H2,1H3. The largest absolute Gasteiger partial charge is 0.506 e. The van der Waals surface area contributed by atoms with Gasteiger partial charge in [0.15, 0.2) is 5.78 Å². The number of rotatable bonds is 5. The Hall–Kier alpha value is -1.38. The maximum absolute atomic E-state index is 11.6. The first kappa shape index (κ1) is 10.7. The second-order valence-electron chi connectivity index (χ2n) is 3.27. The van der Waals surface area contributed by atoms with E-state index in [1.807, 2.05) is 0 Å². The second kappa shape index (κ2) is 5.37. The van der Waals surface area contributed by atoms with Crippen LogP contribution in [0.3, 0.4) is 0 Å². The summed E-state index contributed by atoms with van der Waals surface area (Å²) in [6.45, 7) is 2.09. The molecule has 1 rings (SSSR count). The van der Waals surface area contributed by atoms with Crippen LogP contribution in [0.4, 0.5) is 0 Å². The summed E-state index contributed by atoms with van der Waals surface area (Å²) in [6, 6.07) is 1.56. The first-order chi connectivity index (χ1) is 6.75. The lowest BCUT2D eigenvalue weighted by Crippen LogP contribution is -1.99.